The molecular formula is C16H22N2. The lowest BCUT2D eigenvalue weighted by molar-refractivity contribution is 0.373. The van der Waals surface area contributed by atoms with Crippen LogP contribution in [0.2, 0.25) is 0 Å². The molecule has 0 atom stereocenters. The highest BCUT2D eigenvalue weighted by atomic mass is 15.2. The molecule has 0 unspecified atom stereocenters. The minimum atomic E-state index is 0.559. The van der Waals surface area contributed by atoms with Crippen LogP contribution in [-0.2, 0) is 5.41 Å². The predicted octanol–water partition coefficient (Wildman–Crippen LogP) is 2.54. The molecular weight excluding hydrogens is 220 g/mol. The lowest BCUT2D eigenvalue weighted by Crippen LogP contribution is -2.36. The zero-order chi connectivity index (χ0) is 12.0. The summed E-state index contributed by atoms with van der Waals surface area (Å²) >= 11 is 0. The average molecular weight is 242 g/mol. The van der Waals surface area contributed by atoms with Gasteiger partial charge in [-0.1, -0.05) is 18.2 Å². The summed E-state index contributed by atoms with van der Waals surface area (Å²) in [4.78, 5) is 2.68. The van der Waals surface area contributed by atoms with Crippen molar-refractivity contribution >= 4 is 5.69 Å². The number of piperidine rings is 1. The van der Waals surface area contributed by atoms with Crippen LogP contribution in [0.4, 0.5) is 5.69 Å². The molecule has 2 nitrogen and oxygen atoms in total. The van der Waals surface area contributed by atoms with Crippen molar-refractivity contribution in [1.82, 2.24) is 5.32 Å². The number of nitrogens with zero attached hydrogens (tertiary/aromatic N) is 1. The van der Waals surface area contributed by atoms with Crippen molar-refractivity contribution in [3.8, 4) is 0 Å². The summed E-state index contributed by atoms with van der Waals surface area (Å²) < 4.78 is 0. The molecule has 1 aliphatic carbocycles. The van der Waals surface area contributed by atoms with Crippen molar-refractivity contribution in [2.75, 3.05) is 31.1 Å². The summed E-state index contributed by atoms with van der Waals surface area (Å²) in [5, 5.41) is 3.47. The smallest absolute Gasteiger partial charge is 0.0405 e. The van der Waals surface area contributed by atoms with Crippen LogP contribution in [-0.4, -0.2) is 26.2 Å². The van der Waals surface area contributed by atoms with Gasteiger partial charge >= 0.3 is 0 Å². The molecule has 0 radical (unpaired) electrons. The van der Waals surface area contributed by atoms with Crippen LogP contribution in [0.1, 0.15) is 31.2 Å². The number of anilines is 1. The quantitative estimate of drug-likeness (QED) is 0.857. The Balaban J connectivity index is 1.56. The number of para-hydroxylation sites is 1. The Kier molecular flexibility index (Phi) is 2.41. The molecule has 2 heteroatoms. The number of fused-ring (bicyclic) bond motifs is 2. The van der Waals surface area contributed by atoms with Gasteiger partial charge in [0.05, 0.1) is 0 Å². The van der Waals surface area contributed by atoms with Gasteiger partial charge in [0.25, 0.3) is 0 Å². The van der Waals surface area contributed by atoms with Gasteiger partial charge in [-0.2, -0.15) is 0 Å². The number of nitrogens with one attached hydrogen (secondary N) is 1. The van der Waals surface area contributed by atoms with Crippen LogP contribution in [0.25, 0.3) is 0 Å². The first-order valence-corrected chi connectivity index (χ1v) is 7.43. The summed E-state index contributed by atoms with van der Waals surface area (Å²) in [6.45, 7) is 4.99. The first kappa shape index (κ1) is 10.9. The molecule has 1 spiro atoms. The standard InChI is InChI=1S/C16H22N2/c1-2-4-15-14(3-1)16(7-8-16)12-18(15)11-13-5-9-17-10-6-13/h1-4,13,17H,5-12H2. The Morgan fingerprint density at radius 3 is 2.72 bits per heavy atom. The van der Waals surface area contributed by atoms with Crippen molar-refractivity contribution in [2.45, 2.75) is 31.1 Å². The topological polar surface area (TPSA) is 15.3 Å². The van der Waals surface area contributed by atoms with Gasteiger partial charge in [0.1, 0.15) is 0 Å². The molecule has 3 aliphatic rings. The molecule has 1 N–H and O–H groups in total. The monoisotopic (exact) mass is 242 g/mol. The molecule has 4 rings (SSSR count). The van der Waals surface area contributed by atoms with Gasteiger partial charge in [-0.25, -0.2) is 0 Å². The molecule has 1 saturated heterocycles. The van der Waals surface area contributed by atoms with Gasteiger partial charge in [-0.3, -0.25) is 0 Å². The van der Waals surface area contributed by atoms with Crippen molar-refractivity contribution in [3.05, 3.63) is 29.8 Å². The van der Waals surface area contributed by atoms with Crippen LogP contribution in [0.3, 0.4) is 0 Å². The maximum Gasteiger partial charge on any atom is 0.0405 e. The second-order valence-electron chi connectivity index (χ2n) is 6.37. The van der Waals surface area contributed by atoms with Crippen LogP contribution >= 0.6 is 0 Å². The van der Waals surface area contributed by atoms with E-state index in [-0.39, 0.29) is 0 Å². The zero-order valence-electron chi connectivity index (χ0n) is 11.0. The molecule has 2 fully saturated rings. The summed E-state index contributed by atoms with van der Waals surface area (Å²) in [5.74, 6) is 0.896. The fraction of sp³-hybridized carbons (Fsp3) is 0.625. The van der Waals surface area contributed by atoms with Gasteiger partial charge in [0, 0.05) is 24.2 Å². The average Bonchev–Trinajstić information content (AvgIpc) is 3.13. The second-order valence-corrected chi connectivity index (χ2v) is 6.37. The minimum absolute atomic E-state index is 0.559. The van der Waals surface area contributed by atoms with E-state index in [1.807, 2.05) is 0 Å². The fourth-order valence-electron chi connectivity index (χ4n) is 3.85. The van der Waals surface area contributed by atoms with Gasteiger partial charge in [0.2, 0.25) is 0 Å². The lowest BCUT2D eigenvalue weighted by Gasteiger charge is -2.29. The molecule has 0 bridgehead atoms. The van der Waals surface area contributed by atoms with Crippen molar-refractivity contribution < 1.29 is 0 Å². The number of benzene rings is 1. The second kappa shape index (κ2) is 3.99. The third kappa shape index (κ3) is 1.66. The molecule has 2 heterocycles. The molecule has 0 aromatic heterocycles. The zero-order valence-corrected chi connectivity index (χ0v) is 11.0. The molecule has 2 aliphatic heterocycles. The molecule has 0 amide bonds. The van der Waals surface area contributed by atoms with E-state index < -0.39 is 0 Å². The summed E-state index contributed by atoms with van der Waals surface area (Å²) in [6.07, 6.45) is 5.52. The van der Waals surface area contributed by atoms with Crippen molar-refractivity contribution in [1.29, 1.82) is 0 Å². The first-order valence-electron chi connectivity index (χ1n) is 7.43. The van der Waals surface area contributed by atoms with E-state index in [0.29, 0.717) is 5.41 Å². The third-order valence-electron chi connectivity index (χ3n) is 5.10. The highest BCUT2D eigenvalue weighted by Crippen LogP contribution is 2.56. The van der Waals surface area contributed by atoms with Crippen LogP contribution < -0.4 is 10.2 Å². The van der Waals surface area contributed by atoms with Crippen LogP contribution in [0.5, 0.6) is 0 Å². The van der Waals surface area contributed by atoms with E-state index in [9.17, 15) is 0 Å². The number of rotatable bonds is 2. The summed E-state index contributed by atoms with van der Waals surface area (Å²) in [6, 6.07) is 9.12. The molecule has 18 heavy (non-hydrogen) atoms. The van der Waals surface area contributed by atoms with E-state index in [0.717, 1.165) is 5.92 Å². The Hall–Kier alpha value is -1.02. The first-order chi connectivity index (χ1) is 8.87. The van der Waals surface area contributed by atoms with Gasteiger partial charge in [-0.15, -0.1) is 0 Å². The minimum Gasteiger partial charge on any atom is -0.370 e. The van der Waals surface area contributed by atoms with Crippen molar-refractivity contribution in [3.63, 3.8) is 0 Å². The SMILES string of the molecule is c1ccc2c(c1)N(CC1CCNCC1)CC21CC1. The van der Waals surface area contributed by atoms with Crippen molar-refractivity contribution in [2.24, 2.45) is 5.92 Å². The van der Waals surface area contributed by atoms with E-state index in [4.69, 9.17) is 0 Å². The third-order valence-corrected chi connectivity index (χ3v) is 5.10. The Labute approximate surface area is 109 Å². The van der Waals surface area contributed by atoms with Crippen LogP contribution in [0, 0.1) is 5.92 Å². The summed E-state index contributed by atoms with van der Waals surface area (Å²) in [5.41, 5.74) is 3.73. The predicted molar refractivity (Wildman–Crippen MR) is 75.2 cm³/mol. The lowest BCUT2D eigenvalue weighted by atomic mass is 9.97. The van der Waals surface area contributed by atoms with E-state index >= 15 is 0 Å². The molecule has 96 valence electrons. The molecule has 1 aromatic carbocycles. The van der Waals surface area contributed by atoms with Gasteiger partial charge in [-0.05, 0) is 56.3 Å². The highest BCUT2D eigenvalue weighted by molar-refractivity contribution is 5.64. The van der Waals surface area contributed by atoms with Gasteiger partial charge < -0.3 is 10.2 Å². The summed E-state index contributed by atoms with van der Waals surface area (Å²) in [7, 11) is 0. The Bertz CT molecular complexity index is 444. The van der Waals surface area contributed by atoms with E-state index in [2.05, 4.69) is 34.5 Å². The maximum atomic E-state index is 3.47. The van der Waals surface area contributed by atoms with Gasteiger partial charge in [0.15, 0.2) is 0 Å². The fourth-order valence-corrected chi connectivity index (χ4v) is 3.85. The maximum absolute atomic E-state index is 3.47. The molecule has 1 saturated carbocycles. The Morgan fingerprint density at radius 1 is 1.17 bits per heavy atom. The number of hydrogen-bond acceptors (Lipinski definition) is 2. The Morgan fingerprint density at radius 2 is 1.94 bits per heavy atom. The normalized spacial score (nSPS) is 25.4. The number of hydrogen-bond donors (Lipinski definition) is 1. The molecule has 1 aromatic rings. The van der Waals surface area contributed by atoms with E-state index in [1.54, 1.807) is 5.56 Å². The largest absolute Gasteiger partial charge is 0.370 e. The van der Waals surface area contributed by atoms with E-state index in [1.165, 1.54) is 57.5 Å². The highest BCUT2D eigenvalue weighted by Gasteiger charge is 2.51. The van der Waals surface area contributed by atoms with Crippen LogP contribution in [0.15, 0.2) is 24.3 Å².